The fraction of sp³-hybridized carbons (Fsp3) is 0.857. The first-order valence-corrected chi connectivity index (χ1v) is 7.53. The van der Waals surface area contributed by atoms with E-state index in [2.05, 4.69) is 40.7 Å². The Morgan fingerprint density at radius 1 is 1.21 bits per heavy atom. The summed E-state index contributed by atoms with van der Waals surface area (Å²) in [6.07, 6.45) is 3.22. The van der Waals surface area contributed by atoms with E-state index in [1.54, 1.807) is 0 Å². The van der Waals surface area contributed by atoms with Gasteiger partial charge >= 0.3 is 0 Å². The van der Waals surface area contributed by atoms with Crippen molar-refractivity contribution < 1.29 is 4.52 Å². The minimum atomic E-state index is 0.238. The van der Waals surface area contributed by atoms with Crippen molar-refractivity contribution in [2.24, 2.45) is 0 Å². The van der Waals surface area contributed by atoms with Gasteiger partial charge < -0.3 is 9.42 Å². The molecule has 0 radical (unpaired) electrons. The number of likely N-dealkylation sites (N-methyl/N-ethyl adjacent to an activating group) is 1. The number of nitrogens with zero attached hydrogens (tertiary/aromatic N) is 4. The highest BCUT2D eigenvalue weighted by Crippen LogP contribution is 2.20. The Labute approximate surface area is 116 Å². The maximum atomic E-state index is 5.41. The molecule has 1 aromatic heterocycles. The lowest BCUT2D eigenvalue weighted by atomic mass is 10.2. The lowest BCUT2D eigenvalue weighted by Gasteiger charge is -2.36. The molecule has 0 saturated carbocycles. The normalized spacial score (nSPS) is 19.7. The summed E-state index contributed by atoms with van der Waals surface area (Å²) in [5.41, 5.74) is 0. The zero-order chi connectivity index (χ0) is 13.7. The summed E-state index contributed by atoms with van der Waals surface area (Å²) in [4.78, 5) is 9.44. The van der Waals surface area contributed by atoms with Gasteiger partial charge in [-0.05, 0) is 19.9 Å². The van der Waals surface area contributed by atoms with Gasteiger partial charge in [-0.3, -0.25) is 4.90 Å². The first kappa shape index (κ1) is 14.5. The van der Waals surface area contributed by atoms with Crippen LogP contribution in [-0.4, -0.2) is 52.7 Å². The summed E-state index contributed by atoms with van der Waals surface area (Å²) >= 11 is 0. The molecule has 0 amide bonds. The predicted molar refractivity (Wildman–Crippen MR) is 75.0 cm³/mol. The second-order valence-corrected chi connectivity index (χ2v) is 5.30. The van der Waals surface area contributed by atoms with Crippen LogP contribution in [0.1, 0.15) is 51.4 Å². The van der Waals surface area contributed by atoms with E-state index in [-0.39, 0.29) is 6.04 Å². The quantitative estimate of drug-likeness (QED) is 0.789. The van der Waals surface area contributed by atoms with Gasteiger partial charge in [0.25, 0.3) is 0 Å². The highest BCUT2D eigenvalue weighted by Gasteiger charge is 2.25. The van der Waals surface area contributed by atoms with E-state index >= 15 is 0 Å². The molecule has 2 heterocycles. The van der Waals surface area contributed by atoms with E-state index in [1.165, 1.54) is 6.42 Å². The van der Waals surface area contributed by atoms with E-state index in [0.717, 1.165) is 57.3 Å². The Morgan fingerprint density at radius 2 is 1.95 bits per heavy atom. The summed E-state index contributed by atoms with van der Waals surface area (Å²) in [5.74, 6) is 1.63. The SMILES string of the molecule is CCCCc1noc([C@@H](C)N2CCN(CC)CC2)n1. The van der Waals surface area contributed by atoms with Crippen LogP contribution in [0.4, 0.5) is 0 Å². The molecule has 5 heteroatoms. The molecule has 1 aromatic rings. The van der Waals surface area contributed by atoms with Gasteiger partial charge in [-0.15, -0.1) is 0 Å². The highest BCUT2D eigenvalue weighted by atomic mass is 16.5. The van der Waals surface area contributed by atoms with E-state index in [4.69, 9.17) is 4.52 Å². The minimum absolute atomic E-state index is 0.238. The summed E-state index contributed by atoms with van der Waals surface area (Å²) < 4.78 is 5.41. The molecular formula is C14H26N4O. The third-order valence-corrected chi connectivity index (χ3v) is 4.00. The molecule has 0 N–H and O–H groups in total. The molecule has 5 nitrogen and oxygen atoms in total. The van der Waals surface area contributed by atoms with Crippen molar-refractivity contribution in [3.8, 4) is 0 Å². The molecule has 1 fully saturated rings. The van der Waals surface area contributed by atoms with Crippen molar-refractivity contribution in [3.05, 3.63) is 11.7 Å². The van der Waals surface area contributed by atoms with Crippen LogP contribution in [0.15, 0.2) is 4.52 Å². The smallest absolute Gasteiger partial charge is 0.243 e. The summed E-state index contributed by atoms with van der Waals surface area (Å²) in [7, 11) is 0. The number of piperazine rings is 1. The van der Waals surface area contributed by atoms with Crippen molar-refractivity contribution in [2.75, 3.05) is 32.7 Å². The first-order valence-electron chi connectivity index (χ1n) is 7.53. The van der Waals surface area contributed by atoms with Crippen LogP contribution in [0.25, 0.3) is 0 Å². The van der Waals surface area contributed by atoms with Gasteiger partial charge in [-0.25, -0.2) is 0 Å². The Balaban J connectivity index is 1.88. The van der Waals surface area contributed by atoms with Gasteiger partial charge in [0, 0.05) is 32.6 Å². The zero-order valence-corrected chi connectivity index (χ0v) is 12.4. The molecule has 0 aromatic carbocycles. The van der Waals surface area contributed by atoms with Crippen LogP contribution in [0.2, 0.25) is 0 Å². The topological polar surface area (TPSA) is 45.4 Å². The van der Waals surface area contributed by atoms with E-state index < -0.39 is 0 Å². The van der Waals surface area contributed by atoms with Crippen molar-refractivity contribution in [2.45, 2.75) is 46.1 Å². The van der Waals surface area contributed by atoms with Crippen molar-refractivity contribution >= 4 is 0 Å². The lowest BCUT2D eigenvalue weighted by Crippen LogP contribution is -2.46. The molecule has 1 aliphatic rings. The molecule has 1 aliphatic heterocycles. The number of aromatic nitrogens is 2. The second kappa shape index (κ2) is 7.01. The number of hydrogen-bond donors (Lipinski definition) is 0. The van der Waals surface area contributed by atoms with Crippen molar-refractivity contribution in [1.29, 1.82) is 0 Å². The molecule has 19 heavy (non-hydrogen) atoms. The Morgan fingerprint density at radius 3 is 2.58 bits per heavy atom. The Hall–Kier alpha value is -0.940. The molecule has 0 bridgehead atoms. The van der Waals surface area contributed by atoms with Gasteiger partial charge in [0.15, 0.2) is 5.82 Å². The zero-order valence-electron chi connectivity index (χ0n) is 12.4. The van der Waals surface area contributed by atoms with Gasteiger partial charge in [0.05, 0.1) is 6.04 Å². The Bertz CT molecular complexity index is 371. The molecule has 1 saturated heterocycles. The van der Waals surface area contributed by atoms with E-state index in [0.29, 0.717) is 0 Å². The van der Waals surface area contributed by atoms with Gasteiger partial charge in [0.2, 0.25) is 5.89 Å². The average molecular weight is 266 g/mol. The largest absolute Gasteiger partial charge is 0.338 e. The van der Waals surface area contributed by atoms with Crippen LogP contribution >= 0.6 is 0 Å². The van der Waals surface area contributed by atoms with Crippen LogP contribution in [-0.2, 0) is 6.42 Å². The number of rotatable bonds is 6. The fourth-order valence-electron chi connectivity index (χ4n) is 2.50. The van der Waals surface area contributed by atoms with Crippen molar-refractivity contribution in [3.63, 3.8) is 0 Å². The van der Waals surface area contributed by atoms with Gasteiger partial charge in [-0.2, -0.15) is 4.98 Å². The lowest BCUT2D eigenvalue weighted by molar-refractivity contribution is 0.0914. The van der Waals surface area contributed by atoms with E-state index in [1.807, 2.05) is 0 Å². The average Bonchev–Trinajstić information content (AvgIpc) is 2.93. The molecule has 0 spiro atoms. The predicted octanol–water partition coefficient (Wildman–Crippen LogP) is 2.11. The van der Waals surface area contributed by atoms with Crippen LogP contribution in [0, 0.1) is 0 Å². The molecule has 0 aliphatic carbocycles. The summed E-state index contributed by atoms with van der Waals surface area (Å²) in [6.45, 7) is 12.1. The van der Waals surface area contributed by atoms with Gasteiger partial charge in [0.1, 0.15) is 0 Å². The third-order valence-electron chi connectivity index (χ3n) is 4.00. The molecular weight excluding hydrogens is 240 g/mol. The van der Waals surface area contributed by atoms with Crippen LogP contribution in [0.3, 0.4) is 0 Å². The fourth-order valence-corrected chi connectivity index (χ4v) is 2.50. The van der Waals surface area contributed by atoms with E-state index in [9.17, 15) is 0 Å². The number of unbranched alkanes of at least 4 members (excludes halogenated alkanes) is 1. The summed E-state index contributed by atoms with van der Waals surface area (Å²) in [5, 5.41) is 4.08. The molecule has 2 rings (SSSR count). The molecule has 1 atom stereocenters. The number of hydrogen-bond acceptors (Lipinski definition) is 5. The van der Waals surface area contributed by atoms with Gasteiger partial charge in [-0.1, -0.05) is 25.4 Å². The maximum Gasteiger partial charge on any atom is 0.243 e. The minimum Gasteiger partial charge on any atom is -0.338 e. The molecule has 108 valence electrons. The maximum absolute atomic E-state index is 5.41. The highest BCUT2D eigenvalue weighted by molar-refractivity contribution is 4.93. The summed E-state index contributed by atoms with van der Waals surface area (Å²) in [6, 6.07) is 0.238. The van der Waals surface area contributed by atoms with Crippen molar-refractivity contribution in [1.82, 2.24) is 19.9 Å². The standard InChI is InChI=1S/C14H26N4O/c1-4-6-7-13-15-14(19-16-13)12(3)18-10-8-17(5-2)9-11-18/h12H,4-11H2,1-3H3/t12-/m1/s1. The first-order chi connectivity index (χ1) is 9.24. The molecule has 0 unspecified atom stereocenters. The van der Waals surface area contributed by atoms with Crippen LogP contribution < -0.4 is 0 Å². The van der Waals surface area contributed by atoms with Crippen LogP contribution in [0.5, 0.6) is 0 Å². The second-order valence-electron chi connectivity index (χ2n) is 5.30. The Kier molecular flexibility index (Phi) is 5.34. The third kappa shape index (κ3) is 3.76. The monoisotopic (exact) mass is 266 g/mol. The number of aryl methyl sites for hydroxylation is 1.